The third kappa shape index (κ3) is 6.61. The fourth-order valence-electron chi connectivity index (χ4n) is 6.02. The van der Waals surface area contributed by atoms with Gasteiger partial charge in [-0.2, -0.15) is 0 Å². The number of hydrogen-bond donors (Lipinski definition) is 1. The number of carbonyl (C=O) groups excluding carboxylic acids is 1. The molecule has 39 heavy (non-hydrogen) atoms. The third-order valence-corrected chi connectivity index (χ3v) is 9.96. The highest BCUT2D eigenvalue weighted by molar-refractivity contribution is 7.95. The molecule has 1 saturated carbocycles. The number of amides is 1. The van der Waals surface area contributed by atoms with Crippen molar-refractivity contribution in [2.75, 3.05) is 32.1 Å². The first-order chi connectivity index (χ1) is 18.8. The van der Waals surface area contributed by atoms with Gasteiger partial charge in [0.2, 0.25) is 0 Å². The van der Waals surface area contributed by atoms with E-state index in [9.17, 15) is 4.79 Å². The molecule has 3 aliphatic rings. The predicted octanol–water partition coefficient (Wildman–Crippen LogP) is 7.65. The molecular formula is C32H42ClN3O2S. The van der Waals surface area contributed by atoms with E-state index in [1.807, 2.05) is 24.3 Å². The van der Waals surface area contributed by atoms with E-state index in [-0.39, 0.29) is 11.8 Å². The van der Waals surface area contributed by atoms with E-state index in [0.717, 1.165) is 41.8 Å². The molecule has 5 rings (SSSR count). The number of nitrogens with zero attached hydrogens (tertiary/aromatic N) is 2. The molecule has 7 heteroatoms. The van der Waals surface area contributed by atoms with Gasteiger partial charge in [0.1, 0.15) is 5.75 Å². The van der Waals surface area contributed by atoms with Crippen molar-refractivity contribution in [1.82, 2.24) is 9.03 Å². The van der Waals surface area contributed by atoms with Crippen LogP contribution < -0.4 is 14.4 Å². The maximum atomic E-state index is 13.1. The number of nitrogens with one attached hydrogen (secondary N) is 1. The van der Waals surface area contributed by atoms with Crippen LogP contribution in [-0.2, 0) is 6.42 Å². The van der Waals surface area contributed by atoms with Gasteiger partial charge in [-0.3, -0.25) is 9.52 Å². The van der Waals surface area contributed by atoms with Crippen LogP contribution in [0.15, 0.2) is 48.0 Å². The van der Waals surface area contributed by atoms with Gasteiger partial charge in [0.15, 0.2) is 0 Å². The highest BCUT2D eigenvalue weighted by atomic mass is 35.5. The van der Waals surface area contributed by atoms with Crippen molar-refractivity contribution in [3.63, 3.8) is 0 Å². The van der Waals surface area contributed by atoms with Crippen LogP contribution >= 0.6 is 23.7 Å². The second kappa shape index (κ2) is 12.6. The number of likely N-dealkylation sites (N-methyl/N-ethyl adjacent to an activating group) is 1. The van der Waals surface area contributed by atoms with Crippen molar-refractivity contribution in [3.8, 4) is 5.75 Å². The number of benzene rings is 2. The van der Waals surface area contributed by atoms with Gasteiger partial charge in [-0.1, -0.05) is 61.9 Å². The molecule has 0 spiro atoms. The Morgan fingerprint density at radius 2 is 2.05 bits per heavy atom. The number of aryl methyl sites for hydroxylation is 1. The lowest BCUT2D eigenvalue weighted by atomic mass is 9.73. The first kappa shape index (κ1) is 28.4. The lowest BCUT2D eigenvalue weighted by Gasteiger charge is -2.37. The van der Waals surface area contributed by atoms with Gasteiger partial charge in [0.25, 0.3) is 5.91 Å². The summed E-state index contributed by atoms with van der Waals surface area (Å²) in [4.78, 5) is 15.3. The Morgan fingerprint density at radius 3 is 2.77 bits per heavy atom. The second-order valence-electron chi connectivity index (χ2n) is 11.7. The highest BCUT2D eigenvalue weighted by Crippen LogP contribution is 2.40. The summed E-state index contributed by atoms with van der Waals surface area (Å²) >= 11 is 7.69. The largest absolute Gasteiger partial charge is 0.491 e. The van der Waals surface area contributed by atoms with Crippen molar-refractivity contribution in [2.24, 2.45) is 11.8 Å². The number of carbonyl (C=O) groups is 1. The van der Waals surface area contributed by atoms with Crippen LogP contribution in [0.1, 0.15) is 79.8 Å². The van der Waals surface area contributed by atoms with Crippen LogP contribution in [0.5, 0.6) is 5.75 Å². The smallest absolute Gasteiger partial charge is 0.262 e. The number of halogens is 1. The molecule has 1 N–H and O–H groups in total. The Bertz CT molecular complexity index is 1210. The molecule has 0 saturated heterocycles. The Balaban J connectivity index is 1.18. The maximum absolute atomic E-state index is 13.1. The standard InChI is InChI=1S/C32H42ClN3O2S/c1-5-7-24-17-28(33)11-12-29(24)27-19-35(3)30-18-25(10-13-31(30)38-20-27)32(37)34-39-36(4)21(2)26-15-23(16-26)14-22-8-6-9-22/h10-13,15,17-18,21-22,26-27H,5-9,14,16,19-20H2,1-4H3,(H,34,37). The zero-order chi connectivity index (χ0) is 27.5. The molecule has 2 aliphatic carbocycles. The molecule has 210 valence electrons. The minimum absolute atomic E-state index is 0.0891. The van der Waals surface area contributed by atoms with Crippen LogP contribution in [0.4, 0.5) is 5.69 Å². The molecule has 3 atom stereocenters. The molecule has 0 bridgehead atoms. The van der Waals surface area contributed by atoms with Crippen LogP contribution in [0.3, 0.4) is 0 Å². The lowest BCUT2D eigenvalue weighted by Crippen LogP contribution is -2.36. The number of ether oxygens (including phenoxy) is 1. The Hall–Kier alpha value is -2.15. The van der Waals surface area contributed by atoms with E-state index >= 15 is 0 Å². The molecule has 0 aromatic heterocycles. The monoisotopic (exact) mass is 567 g/mol. The predicted molar refractivity (Wildman–Crippen MR) is 164 cm³/mol. The molecule has 3 unspecified atom stereocenters. The number of rotatable bonds is 10. The SMILES string of the molecule is CCCc1cc(Cl)ccc1C1COc2ccc(C(=O)NSN(C)C(C)C3C=C(CC4CCC4)C3)cc2N(C)C1. The second-order valence-corrected chi connectivity index (χ2v) is 13.1. The Kier molecular flexibility index (Phi) is 9.15. The Labute approximate surface area is 243 Å². The van der Waals surface area contributed by atoms with E-state index < -0.39 is 0 Å². The van der Waals surface area contributed by atoms with Crippen molar-refractivity contribution >= 4 is 35.3 Å². The van der Waals surface area contributed by atoms with Crippen LogP contribution in [0.25, 0.3) is 0 Å². The van der Waals surface area contributed by atoms with Crippen LogP contribution in [-0.4, -0.2) is 43.5 Å². The number of hydrogen-bond acceptors (Lipinski definition) is 5. The van der Waals surface area contributed by atoms with Gasteiger partial charge >= 0.3 is 0 Å². The van der Waals surface area contributed by atoms with Crippen molar-refractivity contribution < 1.29 is 9.53 Å². The van der Waals surface area contributed by atoms with Gasteiger partial charge in [0, 0.05) is 48.3 Å². The molecule has 5 nitrogen and oxygen atoms in total. The van der Waals surface area contributed by atoms with Gasteiger partial charge in [-0.05, 0) is 86.5 Å². The molecular weight excluding hydrogens is 526 g/mol. The van der Waals surface area contributed by atoms with Crippen LogP contribution in [0.2, 0.25) is 5.02 Å². The third-order valence-electron chi connectivity index (χ3n) is 8.83. The average Bonchev–Trinajstić information content (AvgIpc) is 3.03. The maximum Gasteiger partial charge on any atom is 0.262 e. The topological polar surface area (TPSA) is 44.8 Å². The van der Waals surface area contributed by atoms with Crippen molar-refractivity contribution in [1.29, 1.82) is 0 Å². The summed E-state index contributed by atoms with van der Waals surface area (Å²) in [6, 6.07) is 12.3. The Morgan fingerprint density at radius 1 is 1.26 bits per heavy atom. The van der Waals surface area contributed by atoms with E-state index in [1.54, 1.807) is 5.57 Å². The molecule has 2 aromatic carbocycles. The summed E-state index contributed by atoms with van der Waals surface area (Å²) < 4.78 is 11.5. The number of anilines is 1. The minimum atomic E-state index is -0.0891. The van der Waals surface area contributed by atoms with E-state index in [1.165, 1.54) is 55.4 Å². The molecule has 2 aromatic rings. The molecule has 1 heterocycles. The van der Waals surface area contributed by atoms with Crippen LogP contribution in [0, 0.1) is 11.8 Å². The molecule has 1 aliphatic heterocycles. The highest BCUT2D eigenvalue weighted by Gasteiger charge is 2.30. The summed E-state index contributed by atoms with van der Waals surface area (Å²) in [6.45, 7) is 5.84. The summed E-state index contributed by atoms with van der Waals surface area (Å²) in [5.41, 5.74) is 5.81. The molecule has 1 amide bonds. The summed E-state index contributed by atoms with van der Waals surface area (Å²) in [7, 11) is 4.14. The fourth-order valence-corrected chi connectivity index (χ4v) is 6.89. The van der Waals surface area contributed by atoms with E-state index in [4.69, 9.17) is 16.3 Å². The van der Waals surface area contributed by atoms with Gasteiger partial charge in [-0.25, -0.2) is 4.31 Å². The first-order valence-corrected chi connectivity index (χ1v) is 15.6. The van der Waals surface area contributed by atoms with Gasteiger partial charge in [-0.15, -0.1) is 0 Å². The zero-order valence-corrected chi connectivity index (χ0v) is 25.3. The number of allylic oxidation sites excluding steroid dienone is 1. The minimum Gasteiger partial charge on any atom is -0.491 e. The van der Waals surface area contributed by atoms with E-state index in [2.05, 4.69) is 60.1 Å². The van der Waals surface area contributed by atoms with Gasteiger partial charge < -0.3 is 9.64 Å². The zero-order valence-electron chi connectivity index (χ0n) is 23.7. The van der Waals surface area contributed by atoms with Crippen molar-refractivity contribution in [3.05, 3.63) is 69.8 Å². The summed E-state index contributed by atoms with van der Waals surface area (Å²) in [6.07, 6.45) is 11.3. The van der Waals surface area contributed by atoms with Crippen molar-refractivity contribution in [2.45, 2.75) is 70.8 Å². The van der Waals surface area contributed by atoms with E-state index in [0.29, 0.717) is 24.1 Å². The molecule has 1 fully saturated rings. The normalized spacial score (nSPS) is 21.7. The average molecular weight is 568 g/mol. The fraction of sp³-hybridized carbons (Fsp3) is 0.531. The number of fused-ring (bicyclic) bond motifs is 1. The lowest BCUT2D eigenvalue weighted by molar-refractivity contribution is 0.0982. The summed E-state index contributed by atoms with van der Waals surface area (Å²) in [5, 5.41) is 0.778. The quantitative estimate of drug-likeness (QED) is 0.236. The summed E-state index contributed by atoms with van der Waals surface area (Å²) in [5.74, 6) is 2.45. The first-order valence-electron chi connectivity index (χ1n) is 14.5. The van der Waals surface area contributed by atoms with Gasteiger partial charge in [0.05, 0.1) is 12.3 Å². The molecule has 0 radical (unpaired) electrons.